The standard InChI is InChI=1S/C46H63N2P.2ClH/c1-33-28-35(3)43(36(4)29-33)47-26-27-48(44-37(5)30-34(2)31-38(44)6)45(47)46(25-17-16-20-40(46)32-39-18-10-7-11-19-39)49(41-21-12-8-13-22-41)42-23-14-9-15-24-42;;/h7,10-11,18-19,28-32,41-42,45H,8-9,12-17,20-27H2,1-6H3;2*1H. The molecule has 5 heteroatoms. The Labute approximate surface area is 324 Å². The average Bonchev–Trinajstić information content (AvgIpc) is 3.50. The largest absolute Gasteiger partial charge is 0.348 e. The molecule has 3 aromatic rings. The molecule has 278 valence electrons. The highest BCUT2D eigenvalue weighted by Crippen LogP contribution is 2.71. The van der Waals surface area contributed by atoms with Gasteiger partial charge in [0, 0.05) is 24.5 Å². The summed E-state index contributed by atoms with van der Waals surface area (Å²) in [6.45, 7) is 16.4. The minimum absolute atomic E-state index is 0. The van der Waals surface area contributed by atoms with E-state index in [0.717, 1.165) is 24.4 Å². The lowest BCUT2D eigenvalue weighted by molar-refractivity contribution is 0.396. The van der Waals surface area contributed by atoms with Crippen LogP contribution in [0.3, 0.4) is 0 Å². The van der Waals surface area contributed by atoms with Crippen LogP contribution in [-0.4, -0.2) is 35.7 Å². The average molecular weight is 748 g/mol. The van der Waals surface area contributed by atoms with Crippen LogP contribution in [-0.2, 0) is 0 Å². The number of anilines is 2. The van der Waals surface area contributed by atoms with E-state index in [1.807, 2.05) is 0 Å². The molecular formula is C46H65Cl2N2P. The van der Waals surface area contributed by atoms with Gasteiger partial charge in [-0.25, -0.2) is 0 Å². The Balaban J connectivity index is 0.00000252. The molecule has 0 bridgehead atoms. The Morgan fingerprint density at radius 3 is 1.49 bits per heavy atom. The fourth-order valence-electron chi connectivity index (χ4n) is 11.3. The molecule has 1 atom stereocenters. The first-order valence-electron chi connectivity index (χ1n) is 20.0. The quantitative estimate of drug-likeness (QED) is 0.222. The second-order valence-corrected chi connectivity index (χ2v) is 19.5. The van der Waals surface area contributed by atoms with Crippen LogP contribution in [0.2, 0.25) is 0 Å². The summed E-state index contributed by atoms with van der Waals surface area (Å²) in [6, 6.07) is 21.3. The molecule has 1 aliphatic heterocycles. The topological polar surface area (TPSA) is 6.48 Å². The van der Waals surface area contributed by atoms with Crippen molar-refractivity contribution < 1.29 is 0 Å². The Hall–Kier alpha value is -1.99. The lowest BCUT2D eigenvalue weighted by Gasteiger charge is -2.59. The third-order valence-corrected chi connectivity index (χ3v) is 17.1. The Morgan fingerprint density at radius 2 is 1.04 bits per heavy atom. The molecule has 0 amide bonds. The number of hydrogen-bond donors (Lipinski definition) is 0. The van der Waals surface area contributed by atoms with Crippen molar-refractivity contribution in [3.05, 3.63) is 99.1 Å². The summed E-state index contributed by atoms with van der Waals surface area (Å²) in [5.74, 6) is 0. The highest BCUT2D eigenvalue weighted by Gasteiger charge is 2.59. The fraction of sp³-hybridized carbons (Fsp3) is 0.565. The summed E-state index contributed by atoms with van der Waals surface area (Å²) < 4.78 is 0. The molecule has 4 aliphatic rings. The zero-order valence-corrected chi connectivity index (χ0v) is 35.0. The molecule has 4 fully saturated rings. The van der Waals surface area contributed by atoms with Crippen molar-refractivity contribution in [2.75, 3.05) is 22.9 Å². The second-order valence-electron chi connectivity index (χ2n) is 16.5. The zero-order valence-electron chi connectivity index (χ0n) is 32.5. The predicted molar refractivity (Wildman–Crippen MR) is 231 cm³/mol. The van der Waals surface area contributed by atoms with E-state index in [4.69, 9.17) is 0 Å². The minimum atomic E-state index is -0.283. The molecule has 1 saturated heterocycles. The molecule has 3 aliphatic carbocycles. The van der Waals surface area contributed by atoms with Gasteiger partial charge in [0.2, 0.25) is 0 Å². The van der Waals surface area contributed by atoms with E-state index < -0.39 is 0 Å². The number of aryl methyl sites for hydroxylation is 6. The predicted octanol–water partition coefficient (Wildman–Crippen LogP) is 13.6. The van der Waals surface area contributed by atoms with Crippen molar-refractivity contribution >= 4 is 50.2 Å². The molecule has 1 unspecified atom stereocenters. The van der Waals surface area contributed by atoms with E-state index in [-0.39, 0.29) is 37.9 Å². The highest BCUT2D eigenvalue weighted by molar-refractivity contribution is 7.61. The molecule has 51 heavy (non-hydrogen) atoms. The minimum Gasteiger partial charge on any atom is -0.348 e. The molecule has 0 N–H and O–H groups in total. The van der Waals surface area contributed by atoms with Gasteiger partial charge in [0.15, 0.2) is 0 Å². The van der Waals surface area contributed by atoms with E-state index in [9.17, 15) is 0 Å². The van der Waals surface area contributed by atoms with Crippen LogP contribution in [0.5, 0.6) is 0 Å². The number of hydrogen-bond acceptors (Lipinski definition) is 2. The van der Waals surface area contributed by atoms with Crippen molar-refractivity contribution in [1.29, 1.82) is 0 Å². The first-order valence-corrected chi connectivity index (χ1v) is 21.5. The van der Waals surface area contributed by atoms with Crippen molar-refractivity contribution in [3.63, 3.8) is 0 Å². The van der Waals surface area contributed by atoms with Gasteiger partial charge >= 0.3 is 0 Å². The smallest absolute Gasteiger partial charge is 0.115 e. The van der Waals surface area contributed by atoms with Gasteiger partial charge in [-0.1, -0.05) is 130 Å². The van der Waals surface area contributed by atoms with Gasteiger partial charge in [0.05, 0.1) is 5.16 Å². The normalized spacial score (nSPS) is 23.1. The maximum absolute atomic E-state index is 2.99. The molecule has 3 saturated carbocycles. The molecule has 3 aromatic carbocycles. The molecule has 0 radical (unpaired) electrons. The monoisotopic (exact) mass is 746 g/mol. The molecule has 0 spiro atoms. The summed E-state index contributed by atoms with van der Waals surface area (Å²) in [5.41, 5.74) is 16.6. The zero-order chi connectivity index (χ0) is 34.1. The third kappa shape index (κ3) is 7.96. The van der Waals surface area contributed by atoms with E-state index in [1.54, 1.807) is 5.57 Å². The van der Waals surface area contributed by atoms with Crippen LogP contribution in [0.25, 0.3) is 6.08 Å². The lowest BCUT2D eigenvalue weighted by Crippen LogP contribution is -2.60. The number of benzene rings is 3. The van der Waals surface area contributed by atoms with Gasteiger partial charge in [-0.2, -0.15) is 0 Å². The maximum Gasteiger partial charge on any atom is 0.115 e. The van der Waals surface area contributed by atoms with Crippen LogP contribution in [0.15, 0.2) is 60.2 Å². The summed E-state index contributed by atoms with van der Waals surface area (Å²) in [5, 5.41) is 0.150. The van der Waals surface area contributed by atoms with Crippen molar-refractivity contribution in [1.82, 2.24) is 0 Å². The second kappa shape index (κ2) is 17.4. The van der Waals surface area contributed by atoms with Gasteiger partial charge in [-0.05, 0) is 126 Å². The van der Waals surface area contributed by atoms with Gasteiger partial charge in [-0.3, -0.25) is 0 Å². The van der Waals surface area contributed by atoms with Gasteiger partial charge < -0.3 is 9.80 Å². The first kappa shape index (κ1) is 40.2. The number of nitrogens with zero attached hydrogens (tertiary/aromatic N) is 2. The first-order chi connectivity index (χ1) is 23.8. The van der Waals surface area contributed by atoms with Crippen LogP contribution in [0.4, 0.5) is 11.4 Å². The van der Waals surface area contributed by atoms with E-state index in [1.165, 1.54) is 140 Å². The van der Waals surface area contributed by atoms with E-state index >= 15 is 0 Å². The van der Waals surface area contributed by atoms with Crippen LogP contribution in [0.1, 0.15) is 129 Å². The van der Waals surface area contributed by atoms with Gasteiger partial charge in [0.1, 0.15) is 6.17 Å². The molecule has 1 heterocycles. The lowest BCUT2D eigenvalue weighted by atomic mass is 9.79. The van der Waals surface area contributed by atoms with Crippen molar-refractivity contribution in [2.24, 2.45) is 0 Å². The van der Waals surface area contributed by atoms with Crippen molar-refractivity contribution in [3.8, 4) is 0 Å². The highest BCUT2D eigenvalue weighted by atomic mass is 35.5. The molecule has 2 nitrogen and oxygen atoms in total. The molecule has 0 aromatic heterocycles. The van der Waals surface area contributed by atoms with Crippen LogP contribution in [0, 0.1) is 41.5 Å². The Kier molecular flexibility index (Phi) is 13.7. The third-order valence-electron chi connectivity index (χ3n) is 12.8. The van der Waals surface area contributed by atoms with Crippen LogP contribution < -0.4 is 9.80 Å². The number of halogens is 2. The Morgan fingerprint density at radius 1 is 0.588 bits per heavy atom. The molecule has 7 rings (SSSR count). The fourth-order valence-corrected chi connectivity index (χ4v) is 16.5. The van der Waals surface area contributed by atoms with E-state index in [0.29, 0.717) is 6.17 Å². The van der Waals surface area contributed by atoms with E-state index in [2.05, 4.69) is 112 Å². The van der Waals surface area contributed by atoms with Crippen molar-refractivity contribution in [2.45, 2.75) is 154 Å². The van der Waals surface area contributed by atoms with Gasteiger partial charge in [0.25, 0.3) is 0 Å². The summed E-state index contributed by atoms with van der Waals surface area (Å²) in [7, 11) is -0.283. The van der Waals surface area contributed by atoms with Gasteiger partial charge in [-0.15, -0.1) is 24.8 Å². The summed E-state index contributed by atoms with van der Waals surface area (Å²) in [4.78, 5) is 5.99. The SMILES string of the molecule is Cc1cc(C)c(N2CCN(c3c(C)cc(C)cc3C)C2C2(P(C3CCCCC3)C3CCCCC3)CCCCC2=Cc2ccccc2)c(C)c1.Cl.Cl. The summed E-state index contributed by atoms with van der Waals surface area (Å²) >= 11 is 0. The Bertz CT molecular complexity index is 1510. The van der Waals surface area contributed by atoms with Crippen LogP contribution >= 0.6 is 32.7 Å². The maximum atomic E-state index is 2.99. The summed E-state index contributed by atoms with van der Waals surface area (Å²) in [6.07, 6.45) is 22.8. The number of rotatable bonds is 7. The molecular weight excluding hydrogens is 682 g/mol.